The first-order valence-corrected chi connectivity index (χ1v) is 9.91. The Morgan fingerprint density at radius 3 is 2.35 bits per heavy atom. The first kappa shape index (κ1) is 20.7. The van der Waals surface area contributed by atoms with Crippen LogP contribution < -0.4 is 10.1 Å². The van der Waals surface area contributed by atoms with Crippen LogP contribution in [0.4, 0.5) is 0 Å². The van der Waals surface area contributed by atoms with Crippen LogP contribution in [0.3, 0.4) is 0 Å². The molecule has 2 amide bonds. The van der Waals surface area contributed by atoms with E-state index in [1.54, 1.807) is 14.0 Å². The van der Waals surface area contributed by atoms with E-state index in [9.17, 15) is 9.59 Å². The van der Waals surface area contributed by atoms with Crippen molar-refractivity contribution in [1.29, 1.82) is 0 Å². The second-order valence-corrected chi connectivity index (χ2v) is 7.84. The van der Waals surface area contributed by atoms with Gasteiger partial charge in [-0.3, -0.25) is 9.59 Å². The number of ether oxygens (including phenoxy) is 1. The zero-order chi connectivity index (χ0) is 19.1. The fraction of sp³-hybridized carbons (Fsp3) is 0.263. The van der Waals surface area contributed by atoms with Crippen LogP contribution in [0.1, 0.15) is 12.5 Å². The number of nitrogens with zero attached hydrogens (tertiary/aromatic N) is 1. The molecule has 0 fully saturated rings. The van der Waals surface area contributed by atoms with Gasteiger partial charge >= 0.3 is 0 Å². The molecule has 0 aromatic heterocycles. The monoisotopic (exact) mass is 530 g/mol. The minimum atomic E-state index is -0.600. The van der Waals surface area contributed by atoms with Gasteiger partial charge in [-0.25, -0.2) is 0 Å². The molecule has 1 atom stereocenters. The molecule has 0 spiro atoms. The minimum absolute atomic E-state index is 0.127. The molecule has 7 heteroatoms. The molecule has 0 aliphatic heterocycles. The second kappa shape index (κ2) is 9.91. The van der Waals surface area contributed by atoms with Crippen molar-refractivity contribution in [2.24, 2.45) is 0 Å². The van der Waals surface area contributed by atoms with E-state index in [1.807, 2.05) is 48.5 Å². The average molecular weight is 531 g/mol. The van der Waals surface area contributed by atoms with Gasteiger partial charge in [0.15, 0.2) is 6.61 Å². The third kappa shape index (κ3) is 5.98. The Labute approximate surface area is 175 Å². The third-order valence-electron chi connectivity index (χ3n) is 3.86. The fourth-order valence-corrected chi connectivity index (χ4v) is 2.96. The van der Waals surface area contributed by atoms with Crippen molar-refractivity contribution < 1.29 is 14.3 Å². The van der Waals surface area contributed by atoms with Gasteiger partial charge in [0, 0.05) is 21.6 Å². The smallest absolute Gasteiger partial charge is 0.261 e. The van der Waals surface area contributed by atoms with Gasteiger partial charge in [-0.05, 0) is 71.5 Å². The average Bonchev–Trinajstić information content (AvgIpc) is 2.65. The van der Waals surface area contributed by atoms with Gasteiger partial charge < -0.3 is 15.0 Å². The molecule has 0 radical (unpaired) electrons. The van der Waals surface area contributed by atoms with Gasteiger partial charge in [-0.2, -0.15) is 0 Å². The van der Waals surface area contributed by atoms with Gasteiger partial charge in [-0.15, -0.1) is 0 Å². The Kier molecular flexibility index (Phi) is 7.89. The maximum absolute atomic E-state index is 12.7. The number of carbonyl (C=O) groups excluding carboxylic acids is 2. The van der Waals surface area contributed by atoms with Crippen LogP contribution in [0.25, 0.3) is 0 Å². The number of amides is 2. The van der Waals surface area contributed by atoms with Crippen molar-refractivity contribution in [3.8, 4) is 5.75 Å². The molecule has 2 aromatic rings. The van der Waals surface area contributed by atoms with Gasteiger partial charge in [0.05, 0.1) is 0 Å². The van der Waals surface area contributed by atoms with Crippen LogP contribution in [0.2, 0.25) is 0 Å². The number of benzene rings is 2. The molecule has 1 unspecified atom stereocenters. The Balaban J connectivity index is 2.10. The van der Waals surface area contributed by atoms with Crippen LogP contribution in [0.15, 0.2) is 53.0 Å². The fourth-order valence-electron chi connectivity index (χ4n) is 2.34. The van der Waals surface area contributed by atoms with Crippen LogP contribution >= 0.6 is 38.5 Å². The van der Waals surface area contributed by atoms with E-state index in [-0.39, 0.29) is 18.4 Å². The molecule has 1 N–H and O–H groups in total. The SMILES string of the molecule is CNC(=O)C(C)N(Cc1ccc(Br)cc1)C(=O)COc1ccc(I)cc1. The molecule has 0 bridgehead atoms. The number of nitrogens with one attached hydrogen (secondary N) is 1. The van der Waals surface area contributed by atoms with E-state index >= 15 is 0 Å². The lowest BCUT2D eigenvalue weighted by Gasteiger charge is -2.28. The number of hydrogen-bond acceptors (Lipinski definition) is 3. The van der Waals surface area contributed by atoms with Crippen LogP contribution in [-0.4, -0.2) is 36.4 Å². The largest absolute Gasteiger partial charge is 0.484 e. The van der Waals surface area contributed by atoms with Gasteiger partial charge in [0.2, 0.25) is 5.91 Å². The topological polar surface area (TPSA) is 58.6 Å². The standard InChI is InChI=1S/C19H20BrIN2O3/c1-13(19(25)22-2)23(11-14-3-5-15(20)6-4-14)18(24)12-26-17-9-7-16(21)8-10-17/h3-10,13H,11-12H2,1-2H3,(H,22,25). The van der Waals surface area contributed by atoms with E-state index < -0.39 is 6.04 Å². The summed E-state index contributed by atoms with van der Waals surface area (Å²) in [5, 5.41) is 2.59. The zero-order valence-corrected chi connectivity index (χ0v) is 18.3. The lowest BCUT2D eigenvalue weighted by molar-refractivity contribution is -0.142. The Hall–Kier alpha value is -1.61. The normalized spacial score (nSPS) is 11.5. The molecule has 0 heterocycles. The highest BCUT2D eigenvalue weighted by Gasteiger charge is 2.25. The summed E-state index contributed by atoms with van der Waals surface area (Å²) in [4.78, 5) is 26.3. The maximum atomic E-state index is 12.7. The number of carbonyl (C=O) groups is 2. The predicted octanol–water partition coefficient (Wildman–Crippen LogP) is 3.60. The molecule has 2 rings (SSSR count). The van der Waals surface area contributed by atoms with E-state index in [2.05, 4.69) is 43.8 Å². The van der Waals surface area contributed by atoms with Crippen molar-refractivity contribution in [2.45, 2.75) is 19.5 Å². The number of halogens is 2. The summed E-state index contributed by atoms with van der Waals surface area (Å²) in [7, 11) is 1.56. The maximum Gasteiger partial charge on any atom is 0.261 e. The van der Waals surface area contributed by atoms with Gasteiger partial charge in [-0.1, -0.05) is 28.1 Å². The highest BCUT2D eigenvalue weighted by Crippen LogP contribution is 2.16. The third-order valence-corrected chi connectivity index (χ3v) is 5.10. The molecular weight excluding hydrogens is 511 g/mol. The molecule has 26 heavy (non-hydrogen) atoms. The van der Waals surface area contributed by atoms with Gasteiger partial charge in [0.25, 0.3) is 5.91 Å². The number of hydrogen-bond donors (Lipinski definition) is 1. The van der Waals surface area contributed by atoms with Crippen molar-refractivity contribution in [1.82, 2.24) is 10.2 Å². The molecule has 0 saturated heterocycles. The second-order valence-electron chi connectivity index (χ2n) is 5.68. The number of rotatable bonds is 7. The molecular formula is C19H20BrIN2O3. The first-order chi connectivity index (χ1) is 12.4. The first-order valence-electron chi connectivity index (χ1n) is 8.04. The van der Waals surface area contributed by atoms with Crippen LogP contribution in [-0.2, 0) is 16.1 Å². The number of likely N-dealkylation sites (N-methyl/N-ethyl adjacent to an activating group) is 1. The van der Waals surface area contributed by atoms with Crippen LogP contribution in [0, 0.1) is 3.57 Å². The Morgan fingerprint density at radius 2 is 1.77 bits per heavy atom. The van der Waals surface area contributed by atoms with E-state index in [0.717, 1.165) is 13.6 Å². The summed E-state index contributed by atoms with van der Waals surface area (Å²) < 4.78 is 7.64. The van der Waals surface area contributed by atoms with Crippen molar-refractivity contribution in [3.05, 3.63) is 62.1 Å². The van der Waals surface area contributed by atoms with E-state index in [1.165, 1.54) is 4.90 Å². The molecule has 0 aliphatic rings. The molecule has 138 valence electrons. The summed E-state index contributed by atoms with van der Waals surface area (Å²) in [6.45, 7) is 1.91. The van der Waals surface area contributed by atoms with E-state index in [4.69, 9.17) is 4.74 Å². The quantitative estimate of drug-likeness (QED) is 0.556. The van der Waals surface area contributed by atoms with Crippen molar-refractivity contribution in [3.63, 3.8) is 0 Å². The highest BCUT2D eigenvalue weighted by atomic mass is 127. The summed E-state index contributed by atoms with van der Waals surface area (Å²) in [5.41, 5.74) is 0.937. The lowest BCUT2D eigenvalue weighted by atomic mass is 10.1. The Bertz CT molecular complexity index is 750. The van der Waals surface area contributed by atoms with Gasteiger partial charge in [0.1, 0.15) is 11.8 Å². The molecule has 5 nitrogen and oxygen atoms in total. The highest BCUT2D eigenvalue weighted by molar-refractivity contribution is 14.1. The van der Waals surface area contributed by atoms with E-state index in [0.29, 0.717) is 12.3 Å². The predicted molar refractivity (Wildman–Crippen MR) is 113 cm³/mol. The van der Waals surface area contributed by atoms with Crippen molar-refractivity contribution >= 4 is 50.3 Å². The molecule has 2 aromatic carbocycles. The van der Waals surface area contributed by atoms with Crippen molar-refractivity contribution in [2.75, 3.05) is 13.7 Å². The summed E-state index contributed by atoms with van der Waals surface area (Å²) in [5.74, 6) is 0.155. The summed E-state index contributed by atoms with van der Waals surface area (Å²) in [6.07, 6.45) is 0. The summed E-state index contributed by atoms with van der Waals surface area (Å²) in [6, 6.07) is 14.5. The lowest BCUT2D eigenvalue weighted by Crippen LogP contribution is -2.48. The summed E-state index contributed by atoms with van der Waals surface area (Å²) >= 11 is 5.60. The van der Waals surface area contributed by atoms with Crippen LogP contribution in [0.5, 0.6) is 5.75 Å². The molecule has 0 aliphatic carbocycles. The molecule has 0 saturated carbocycles. The minimum Gasteiger partial charge on any atom is -0.484 e. The Morgan fingerprint density at radius 1 is 1.15 bits per heavy atom. The zero-order valence-electron chi connectivity index (χ0n) is 14.5.